The van der Waals surface area contributed by atoms with Gasteiger partial charge in [-0.05, 0) is 64.8 Å². The van der Waals surface area contributed by atoms with Crippen molar-refractivity contribution in [2.45, 2.75) is 46.6 Å². The molecule has 0 aromatic carbocycles. The van der Waals surface area contributed by atoms with Gasteiger partial charge < -0.3 is 4.74 Å². The normalized spacial score (nSPS) is 16.5. The molecule has 0 radical (unpaired) electrons. The van der Waals surface area contributed by atoms with E-state index in [1.54, 1.807) is 11.3 Å². The number of allylic oxidation sites excluding steroid dienone is 1. The first-order valence-electron chi connectivity index (χ1n) is 10.2. The number of thiazole rings is 1. The molecule has 0 aliphatic carbocycles. The SMILES string of the molecule is Cc1cc(OCC2=CCCCN(C(C)c3ccc4sc(C)nc4n3)C2)cc(C)n1. The van der Waals surface area contributed by atoms with Crippen LogP contribution in [0.5, 0.6) is 5.75 Å². The third-order valence-corrected chi connectivity index (χ3v) is 6.25. The molecule has 1 aliphatic rings. The van der Waals surface area contributed by atoms with Gasteiger partial charge in [0, 0.05) is 36.1 Å². The minimum atomic E-state index is 0.244. The Morgan fingerprint density at radius 1 is 1.10 bits per heavy atom. The van der Waals surface area contributed by atoms with Crippen molar-refractivity contribution in [3.63, 3.8) is 0 Å². The Morgan fingerprint density at radius 3 is 2.69 bits per heavy atom. The predicted molar refractivity (Wildman–Crippen MR) is 119 cm³/mol. The van der Waals surface area contributed by atoms with Crippen LogP contribution in [0.2, 0.25) is 0 Å². The Morgan fingerprint density at radius 2 is 1.90 bits per heavy atom. The van der Waals surface area contributed by atoms with Gasteiger partial charge in [0.1, 0.15) is 12.4 Å². The van der Waals surface area contributed by atoms with Gasteiger partial charge in [-0.3, -0.25) is 9.88 Å². The van der Waals surface area contributed by atoms with Gasteiger partial charge in [0.15, 0.2) is 5.65 Å². The molecule has 4 heterocycles. The summed E-state index contributed by atoms with van der Waals surface area (Å²) in [6.45, 7) is 10.9. The molecular weight excluding hydrogens is 380 g/mol. The van der Waals surface area contributed by atoms with Gasteiger partial charge >= 0.3 is 0 Å². The third-order valence-electron chi connectivity index (χ3n) is 5.33. The van der Waals surface area contributed by atoms with Crippen LogP contribution in [0.4, 0.5) is 0 Å². The van der Waals surface area contributed by atoms with Crippen LogP contribution in [0.15, 0.2) is 35.9 Å². The first kappa shape index (κ1) is 20.0. The Labute approximate surface area is 176 Å². The van der Waals surface area contributed by atoms with Crippen molar-refractivity contribution >= 4 is 21.7 Å². The van der Waals surface area contributed by atoms with Gasteiger partial charge in [-0.25, -0.2) is 9.97 Å². The number of hydrogen-bond donors (Lipinski definition) is 0. The summed E-state index contributed by atoms with van der Waals surface area (Å²) in [6, 6.07) is 8.55. The topological polar surface area (TPSA) is 51.1 Å². The maximum atomic E-state index is 6.10. The minimum absolute atomic E-state index is 0.244. The highest BCUT2D eigenvalue weighted by atomic mass is 32.1. The van der Waals surface area contributed by atoms with E-state index in [9.17, 15) is 0 Å². The summed E-state index contributed by atoms with van der Waals surface area (Å²) in [5, 5.41) is 1.07. The van der Waals surface area contributed by atoms with Gasteiger partial charge in [-0.2, -0.15) is 0 Å². The lowest BCUT2D eigenvalue weighted by atomic mass is 10.1. The minimum Gasteiger partial charge on any atom is -0.489 e. The van der Waals surface area contributed by atoms with E-state index in [2.05, 4.69) is 40.0 Å². The number of nitrogens with zero attached hydrogens (tertiary/aromatic N) is 4. The van der Waals surface area contributed by atoms with E-state index < -0.39 is 0 Å². The van der Waals surface area contributed by atoms with Crippen LogP contribution in [0, 0.1) is 20.8 Å². The lowest BCUT2D eigenvalue weighted by Crippen LogP contribution is -2.30. The maximum Gasteiger partial charge on any atom is 0.170 e. The summed E-state index contributed by atoms with van der Waals surface area (Å²) in [6.07, 6.45) is 4.58. The fourth-order valence-corrected chi connectivity index (χ4v) is 4.63. The van der Waals surface area contributed by atoms with E-state index in [4.69, 9.17) is 9.72 Å². The molecule has 0 saturated carbocycles. The molecule has 29 heavy (non-hydrogen) atoms. The monoisotopic (exact) mass is 408 g/mol. The number of aryl methyl sites for hydroxylation is 3. The van der Waals surface area contributed by atoms with Gasteiger partial charge in [-0.15, -0.1) is 11.3 Å². The summed E-state index contributed by atoms with van der Waals surface area (Å²) in [7, 11) is 0. The van der Waals surface area contributed by atoms with Crippen molar-refractivity contribution in [3.8, 4) is 5.75 Å². The first-order chi connectivity index (χ1) is 14.0. The third kappa shape index (κ3) is 4.82. The Kier molecular flexibility index (Phi) is 5.92. The quantitative estimate of drug-likeness (QED) is 0.545. The van der Waals surface area contributed by atoms with Crippen LogP contribution in [-0.2, 0) is 0 Å². The second-order valence-corrected chi connectivity index (χ2v) is 9.05. The lowest BCUT2D eigenvalue weighted by Gasteiger charge is -2.28. The summed E-state index contributed by atoms with van der Waals surface area (Å²) < 4.78 is 7.26. The van der Waals surface area contributed by atoms with Crippen LogP contribution in [0.3, 0.4) is 0 Å². The van der Waals surface area contributed by atoms with E-state index in [0.717, 1.165) is 64.1 Å². The van der Waals surface area contributed by atoms with Crippen molar-refractivity contribution in [1.29, 1.82) is 0 Å². The number of hydrogen-bond acceptors (Lipinski definition) is 6. The zero-order valence-electron chi connectivity index (χ0n) is 17.6. The van der Waals surface area contributed by atoms with Gasteiger partial charge in [0.25, 0.3) is 0 Å². The van der Waals surface area contributed by atoms with E-state index >= 15 is 0 Å². The van der Waals surface area contributed by atoms with Gasteiger partial charge in [0.05, 0.1) is 15.4 Å². The largest absolute Gasteiger partial charge is 0.489 e. The van der Waals surface area contributed by atoms with Crippen LogP contribution < -0.4 is 4.74 Å². The van der Waals surface area contributed by atoms with Crippen molar-refractivity contribution < 1.29 is 4.74 Å². The average Bonchev–Trinajstić information content (AvgIpc) is 2.89. The van der Waals surface area contributed by atoms with Gasteiger partial charge in [0.2, 0.25) is 0 Å². The van der Waals surface area contributed by atoms with Crippen LogP contribution >= 0.6 is 11.3 Å². The standard InChI is InChI=1S/C23H28N4OS/c1-15-11-20(12-16(2)24-15)28-14-19-7-5-6-10-27(13-19)17(3)21-8-9-22-23(26-21)25-18(4)29-22/h7-9,11-12,17H,5-6,10,13-14H2,1-4H3. The summed E-state index contributed by atoms with van der Waals surface area (Å²) in [5.41, 5.74) is 5.26. The number of ether oxygens (including phenoxy) is 1. The van der Waals surface area contributed by atoms with Crippen molar-refractivity contribution in [3.05, 3.63) is 58.0 Å². The number of aromatic nitrogens is 3. The smallest absolute Gasteiger partial charge is 0.170 e. The van der Waals surface area contributed by atoms with E-state index in [-0.39, 0.29) is 6.04 Å². The van der Waals surface area contributed by atoms with Crippen molar-refractivity contribution in [2.24, 2.45) is 0 Å². The summed E-state index contributed by atoms with van der Waals surface area (Å²) in [4.78, 5) is 16.3. The molecule has 0 saturated heterocycles. The molecule has 1 atom stereocenters. The predicted octanol–water partition coefficient (Wildman–Crippen LogP) is 5.17. The zero-order chi connectivity index (χ0) is 20.4. The summed E-state index contributed by atoms with van der Waals surface area (Å²) in [5.74, 6) is 0.894. The number of pyridine rings is 2. The van der Waals surface area contributed by atoms with Crippen molar-refractivity contribution in [2.75, 3.05) is 19.7 Å². The Hall–Kier alpha value is -2.31. The van der Waals surface area contributed by atoms with Crippen LogP contribution in [-0.4, -0.2) is 39.5 Å². The molecule has 1 aliphatic heterocycles. The van der Waals surface area contributed by atoms with Crippen LogP contribution in [0.25, 0.3) is 10.3 Å². The number of rotatable bonds is 5. The highest BCUT2D eigenvalue weighted by Crippen LogP contribution is 2.27. The second kappa shape index (κ2) is 8.59. The molecule has 0 N–H and O–H groups in total. The van der Waals surface area contributed by atoms with Crippen molar-refractivity contribution in [1.82, 2.24) is 19.9 Å². The average molecular weight is 409 g/mol. The van der Waals surface area contributed by atoms with Gasteiger partial charge in [-0.1, -0.05) is 6.08 Å². The molecule has 0 amide bonds. The molecular formula is C23H28N4OS. The molecule has 6 heteroatoms. The molecule has 0 spiro atoms. The molecule has 0 fully saturated rings. The molecule has 152 valence electrons. The zero-order valence-corrected chi connectivity index (χ0v) is 18.4. The Balaban J connectivity index is 1.45. The number of fused-ring (bicyclic) bond motifs is 1. The molecule has 1 unspecified atom stereocenters. The molecule has 3 aromatic heterocycles. The first-order valence-corrected chi connectivity index (χ1v) is 11.0. The molecule has 0 bridgehead atoms. The van der Waals surface area contributed by atoms with E-state index in [0.29, 0.717) is 6.61 Å². The molecule has 5 nitrogen and oxygen atoms in total. The van der Waals surface area contributed by atoms with E-state index in [1.165, 1.54) is 5.57 Å². The second-order valence-electron chi connectivity index (χ2n) is 7.82. The Bertz CT molecular complexity index is 1020. The fraction of sp³-hybridized carbons (Fsp3) is 0.435. The maximum absolute atomic E-state index is 6.10. The lowest BCUT2D eigenvalue weighted by molar-refractivity contribution is 0.219. The van der Waals surface area contributed by atoms with Crippen LogP contribution in [0.1, 0.15) is 47.9 Å². The van der Waals surface area contributed by atoms with E-state index in [1.807, 2.05) is 32.9 Å². The summed E-state index contributed by atoms with van der Waals surface area (Å²) >= 11 is 1.70. The molecule has 4 rings (SSSR count). The highest BCUT2D eigenvalue weighted by molar-refractivity contribution is 7.18. The highest BCUT2D eigenvalue weighted by Gasteiger charge is 2.21. The molecule has 3 aromatic rings. The fourth-order valence-electron chi connectivity index (χ4n) is 3.86.